The SMILES string of the molecule is CCCC(O)N(CCC)C1CCCCC1C. The van der Waals surface area contributed by atoms with Gasteiger partial charge in [0.1, 0.15) is 6.23 Å². The van der Waals surface area contributed by atoms with Crippen molar-refractivity contribution in [2.24, 2.45) is 5.92 Å². The summed E-state index contributed by atoms with van der Waals surface area (Å²) in [7, 11) is 0. The molecule has 1 aliphatic carbocycles. The number of nitrogens with zero attached hydrogens (tertiary/aromatic N) is 1. The maximum Gasteiger partial charge on any atom is 0.107 e. The van der Waals surface area contributed by atoms with E-state index in [-0.39, 0.29) is 6.23 Å². The zero-order valence-electron chi connectivity index (χ0n) is 11.3. The van der Waals surface area contributed by atoms with Crippen LogP contribution in [0.25, 0.3) is 0 Å². The number of aliphatic hydroxyl groups excluding tert-OH is 1. The van der Waals surface area contributed by atoms with Gasteiger partial charge in [-0.25, -0.2) is 0 Å². The Labute approximate surface area is 101 Å². The molecule has 1 saturated carbocycles. The maximum atomic E-state index is 10.2. The van der Waals surface area contributed by atoms with E-state index in [4.69, 9.17) is 0 Å². The highest BCUT2D eigenvalue weighted by Gasteiger charge is 2.29. The first-order valence-corrected chi connectivity index (χ1v) is 7.14. The molecule has 16 heavy (non-hydrogen) atoms. The van der Waals surface area contributed by atoms with E-state index in [0.29, 0.717) is 6.04 Å². The molecule has 0 aliphatic heterocycles. The average Bonchev–Trinajstić information content (AvgIpc) is 2.27. The molecule has 96 valence electrons. The molecule has 0 spiro atoms. The van der Waals surface area contributed by atoms with Gasteiger partial charge in [0.25, 0.3) is 0 Å². The molecule has 3 atom stereocenters. The van der Waals surface area contributed by atoms with Gasteiger partial charge in [-0.15, -0.1) is 0 Å². The van der Waals surface area contributed by atoms with Crippen LogP contribution in [0.3, 0.4) is 0 Å². The molecule has 0 aromatic rings. The normalized spacial score (nSPS) is 28.3. The molecular formula is C14H29NO. The molecule has 0 bridgehead atoms. The quantitative estimate of drug-likeness (QED) is 0.703. The first-order valence-electron chi connectivity index (χ1n) is 7.14. The summed E-state index contributed by atoms with van der Waals surface area (Å²) in [6.45, 7) is 7.76. The zero-order valence-corrected chi connectivity index (χ0v) is 11.3. The van der Waals surface area contributed by atoms with Crippen molar-refractivity contribution in [2.45, 2.75) is 78.0 Å². The molecule has 1 fully saturated rings. The topological polar surface area (TPSA) is 23.5 Å². The maximum absolute atomic E-state index is 10.2. The van der Waals surface area contributed by atoms with Crippen LogP contribution in [-0.2, 0) is 0 Å². The highest BCUT2D eigenvalue weighted by molar-refractivity contribution is 4.82. The van der Waals surface area contributed by atoms with Gasteiger partial charge in [-0.3, -0.25) is 4.90 Å². The van der Waals surface area contributed by atoms with Gasteiger partial charge in [0.05, 0.1) is 0 Å². The lowest BCUT2D eigenvalue weighted by Gasteiger charge is -2.41. The van der Waals surface area contributed by atoms with Gasteiger partial charge >= 0.3 is 0 Å². The van der Waals surface area contributed by atoms with E-state index < -0.39 is 0 Å². The predicted molar refractivity (Wildman–Crippen MR) is 69.3 cm³/mol. The van der Waals surface area contributed by atoms with Crippen molar-refractivity contribution >= 4 is 0 Å². The van der Waals surface area contributed by atoms with Gasteiger partial charge in [0.2, 0.25) is 0 Å². The minimum Gasteiger partial charge on any atom is -0.378 e. The van der Waals surface area contributed by atoms with Crippen LogP contribution in [0.1, 0.15) is 65.7 Å². The highest BCUT2D eigenvalue weighted by Crippen LogP contribution is 2.29. The van der Waals surface area contributed by atoms with E-state index >= 15 is 0 Å². The van der Waals surface area contributed by atoms with Gasteiger partial charge in [-0.05, 0) is 31.6 Å². The molecule has 0 aromatic heterocycles. The van der Waals surface area contributed by atoms with Gasteiger partial charge < -0.3 is 5.11 Å². The van der Waals surface area contributed by atoms with Crippen LogP contribution in [0.5, 0.6) is 0 Å². The fourth-order valence-electron chi connectivity index (χ4n) is 3.01. The molecule has 1 rings (SSSR count). The summed E-state index contributed by atoms with van der Waals surface area (Å²) in [6, 6.07) is 0.621. The second-order valence-electron chi connectivity index (χ2n) is 5.34. The number of hydrogen-bond donors (Lipinski definition) is 1. The lowest BCUT2D eigenvalue weighted by molar-refractivity contribution is -0.0532. The Bertz CT molecular complexity index is 184. The Balaban J connectivity index is 2.59. The second-order valence-corrected chi connectivity index (χ2v) is 5.34. The van der Waals surface area contributed by atoms with Crippen molar-refractivity contribution in [1.29, 1.82) is 0 Å². The van der Waals surface area contributed by atoms with Crippen LogP contribution < -0.4 is 0 Å². The first kappa shape index (κ1) is 14.0. The fraction of sp³-hybridized carbons (Fsp3) is 1.00. The van der Waals surface area contributed by atoms with E-state index in [1.54, 1.807) is 0 Å². The van der Waals surface area contributed by atoms with Crippen molar-refractivity contribution in [1.82, 2.24) is 4.90 Å². The van der Waals surface area contributed by atoms with Crippen molar-refractivity contribution in [3.63, 3.8) is 0 Å². The number of hydrogen-bond acceptors (Lipinski definition) is 2. The summed E-state index contributed by atoms with van der Waals surface area (Å²) in [5, 5.41) is 10.2. The molecular weight excluding hydrogens is 198 g/mol. The molecule has 0 aromatic carbocycles. The third kappa shape index (κ3) is 3.74. The molecule has 1 aliphatic rings. The number of rotatable bonds is 6. The highest BCUT2D eigenvalue weighted by atomic mass is 16.3. The van der Waals surface area contributed by atoms with E-state index in [2.05, 4.69) is 25.7 Å². The Kier molecular flexibility index (Phi) is 6.37. The molecule has 2 heteroatoms. The van der Waals surface area contributed by atoms with Crippen molar-refractivity contribution in [3.8, 4) is 0 Å². The van der Waals surface area contributed by atoms with E-state index in [0.717, 1.165) is 31.7 Å². The number of aliphatic hydroxyl groups is 1. The molecule has 2 nitrogen and oxygen atoms in total. The standard InChI is InChI=1S/C14H29NO/c1-4-8-14(16)15(11-5-2)13-10-7-6-9-12(13)3/h12-14,16H,4-11H2,1-3H3. The third-order valence-electron chi connectivity index (χ3n) is 3.90. The van der Waals surface area contributed by atoms with Gasteiger partial charge in [0.15, 0.2) is 0 Å². The van der Waals surface area contributed by atoms with Crippen LogP contribution in [0.15, 0.2) is 0 Å². The summed E-state index contributed by atoms with van der Waals surface area (Å²) >= 11 is 0. The average molecular weight is 227 g/mol. The largest absolute Gasteiger partial charge is 0.378 e. The Morgan fingerprint density at radius 2 is 1.88 bits per heavy atom. The van der Waals surface area contributed by atoms with Crippen molar-refractivity contribution in [2.75, 3.05) is 6.54 Å². The zero-order chi connectivity index (χ0) is 12.0. The van der Waals surface area contributed by atoms with Crippen LogP contribution in [0, 0.1) is 5.92 Å². The monoisotopic (exact) mass is 227 g/mol. The molecule has 0 radical (unpaired) electrons. The molecule has 3 unspecified atom stereocenters. The molecule has 0 amide bonds. The molecule has 1 N–H and O–H groups in total. The lowest BCUT2D eigenvalue weighted by atomic mass is 9.84. The summed E-state index contributed by atoms with van der Waals surface area (Å²) in [4.78, 5) is 2.37. The minimum atomic E-state index is -0.213. The van der Waals surface area contributed by atoms with Gasteiger partial charge in [0, 0.05) is 12.6 Å². The lowest BCUT2D eigenvalue weighted by Crippen LogP contribution is -2.47. The molecule has 0 heterocycles. The van der Waals surface area contributed by atoms with Crippen molar-refractivity contribution < 1.29 is 5.11 Å². The van der Waals surface area contributed by atoms with E-state index in [1.807, 2.05) is 0 Å². The Morgan fingerprint density at radius 1 is 1.19 bits per heavy atom. The fourth-order valence-corrected chi connectivity index (χ4v) is 3.01. The van der Waals surface area contributed by atoms with Crippen LogP contribution in [-0.4, -0.2) is 28.8 Å². The molecule has 0 saturated heterocycles. The van der Waals surface area contributed by atoms with Gasteiger partial charge in [-0.1, -0.05) is 40.0 Å². The Hall–Kier alpha value is -0.0800. The van der Waals surface area contributed by atoms with Crippen LogP contribution >= 0.6 is 0 Å². The second kappa shape index (κ2) is 7.29. The smallest absolute Gasteiger partial charge is 0.107 e. The Morgan fingerprint density at radius 3 is 2.44 bits per heavy atom. The third-order valence-corrected chi connectivity index (χ3v) is 3.90. The van der Waals surface area contributed by atoms with E-state index in [9.17, 15) is 5.11 Å². The summed E-state index contributed by atoms with van der Waals surface area (Å²) in [5.74, 6) is 0.756. The minimum absolute atomic E-state index is 0.213. The van der Waals surface area contributed by atoms with Crippen molar-refractivity contribution in [3.05, 3.63) is 0 Å². The predicted octanol–water partition coefficient (Wildman–Crippen LogP) is 3.40. The summed E-state index contributed by atoms with van der Waals surface area (Å²) < 4.78 is 0. The summed E-state index contributed by atoms with van der Waals surface area (Å²) in [6.07, 6.45) is 8.26. The summed E-state index contributed by atoms with van der Waals surface area (Å²) in [5.41, 5.74) is 0. The van der Waals surface area contributed by atoms with Crippen LogP contribution in [0.2, 0.25) is 0 Å². The first-order chi connectivity index (χ1) is 7.70. The van der Waals surface area contributed by atoms with Crippen LogP contribution in [0.4, 0.5) is 0 Å². The van der Waals surface area contributed by atoms with E-state index in [1.165, 1.54) is 25.7 Å². The van der Waals surface area contributed by atoms with Gasteiger partial charge in [-0.2, -0.15) is 0 Å².